The number of hydrogen-bond donors (Lipinski definition) is 0. The molecule has 0 saturated carbocycles. The van der Waals surface area contributed by atoms with Crippen LogP contribution in [0.2, 0.25) is 0 Å². The minimum absolute atomic E-state index is 0.0937. The second-order valence-electron chi connectivity index (χ2n) is 7.44. The van der Waals surface area contributed by atoms with Crippen LogP contribution in [0, 0.1) is 6.92 Å². The third-order valence-electron chi connectivity index (χ3n) is 4.56. The highest BCUT2D eigenvalue weighted by atomic mass is 19.1. The van der Waals surface area contributed by atoms with Gasteiger partial charge in [-0.25, -0.2) is 4.39 Å². The number of carbonyl (C=O) groups excluding carboxylic acids is 1. The Labute approximate surface area is 143 Å². The van der Waals surface area contributed by atoms with E-state index in [4.69, 9.17) is 0 Å². The largest absolute Gasteiger partial charge is 0.332 e. The molecule has 0 aromatic heterocycles. The molecule has 3 rings (SSSR count). The van der Waals surface area contributed by atoms with Crippen molar-refractivity contribution in [1.29, 1.82) is 0 Å². The first kappa shape index (κ1) is 16.7. The van der Waals surface area contributed by atoms with Crippen LogP contribution in [0.4, 0.5) is 4.39 Å². The number of nitrogens with zero attached hydrogens (tertiary/aromatic N) is 1. The number of alkyl halides is 1. The van der Waals surface area contributed by atoms with Gasteiger partial charge in [0.15, 0.2) is 0 Å². The molecule has 0 bridgehead atoms. The van der Waals surface area contributed by atoms with Crippen molar-refractivity contribution in [3.63, 3.8) is 0 Å². The predicted octanol–water partition coefficient (Wildman–Crippen LogP) is 4.97. The van der Waals surface area contributed by atoms with Gasteiger partial charge in [-0.1, -0.05) is 49.7 Å². The van der Waals surface area contributed by atoms with Gasteiger partial charge in [-0.2, -0.15) is 0 Å². The molecule has 1 aliphatic heterocycles. The van der Waals surface area contributed by atoms with Crippen LogP contribution in [0.25, 0.3) is 11.1 Å². The van der Waals surface area contributed by atoms with E-state index in [1.807, 2.05) is 24.3 Å². The van der Waals surface area contributed by atoms with Crippen molar-refractivity contribution >= 4 is 5.91 Å². The Bertz CT molecular complexity index is 754. The molecule has 0 aliphatic carbocycles. The number of aryl methyl sites for hydroxylation is 1. The fourth-order valence-corrected chi connectivity index (χ4v) is 3.19. The van der Waals surface area contributed by atoms with Crippen LogP contribution in [0.15, 0.2) is 42.5 Å². The molecule has 1 saturated heterocycles. The molecular formula is C21H24FNO. The molecule has 1 aliphatic rings. The van der Waals surface area contributed by atoms with Crippen LogP contribution in [-0.4, -0.2) is 29.6 Å². The Morgan fingerprint density at radius 1 is 1.08 bits per heavy atom. The Kier molecular flexibility index (Phi) is 4.20. The van der Waals surface area contributed by atoms with Crippen molar-refractivity contribution in [3.05, 3.63) is 59.2 Å². The summed E-state index contributed by atoms with van der Waals surface area (Å²) in [5, 5.41) is 0. The lowest BCUT2D eigenvalue weighted by Gasteiger charge is -2.42. The van der Waals surface area contributed by atoms with E-state index in [2.05, 4.69) is 39.0 Å². The van der Waals surface area contributed by atoms with E-state index in [0.717, 1.165) is 11.1 Å². The summed E-state index contributed by atoms with van der Waals surface area (Å²) < 4.78 is 13.6. The molecule has 0 radical (unpaired) electrons. The van der Waals surface area contributed by atoms with Gasteiger partial charge in [0.05, 0.1) is 13.1 Å². The van der Waals surface area contributed by atoms with Crippen LogP contribution < -0.4 is 0 Å². The van der Waals surface area contributed by atoms with Crippen molar-refractivity contribution in [2.75, 3.05) is 13.1 Å². The van der Waals surface area contributed by atoms with Crippen LogP contribution in [0.3, 0.4) is 0 Å². The number of amides is 1. The SMILES string of the molecule is Cc1cc(-c2ccc(C(=O)N3CC(C)(F)C3)cc2)cc(C(C)C)c1. The first-order valence-electron chi connectivity index (χ1n) is 8.45. The molecule has 1 heterocycles. The van der Waals surface area contributed by atoms with E-state index in [9.17, 15) is 9.18 Å². The lowest BCUT2D eigenvalue weighted by molar-refractivity contribution is -0.00785. The molecule has 2 aromatic carbocycles. The molecule has 2 aromatic rings. The number of halogens is 1. The third kappa shape index (κ3) is 3.35. The zero-order chi connectivity index (χ0) is 17.5. The quantitative estimate of drug-likeness (QED) is 0.780. The average molecular weight is 325 g/mol. The molecule has 126 valence electrons. The summed E-state index contributed by atoms with van der Waals surface area (Å²) >= 11 is 0. The van der Waals surface area contributed by atoms with Gasteiger partial charge in [-0.3, -0.25) is 4.79 Å². The van der Waals surface area contributed by atoms with E-state index < -0.39 is 5.67 Å². The first-order valence-corrected chi connectivity index (χ1v) is 8.45. The van der Waals surface area contributed by atoms with Gasteiger partial charge in [0, 0.05) is 5.56 Å². The molecule has 0 atom stereocenters. The van der Waals surface area contributed by atoms with Crippen molar-refractivity contribution in [2.24, 2.45) is 0 Å². The van der Waals surface area contributed by atoms with E-state index in [-0.39, 0.29) is 19.0 Å². The molecule has 1 amide bonds. The van der Waals surface area contributed by atoms with Crippen molar-refractivity contribution in [1.82, 2.24) is 4.90 Å². The van der Waals surface area contributed by atoms with Crippen molar-refractivity contribution in [3.8, 4) is 11.1 Å². The standard InChI is InChI=1S/C21H24FNO/c1-14(2)18-9-15(3)10-19(11-18)16-5-7-17(8-6-16)20(24)23-12-21(4,22)13-23/h5-11,14H,12-13H2,1-4H3. The number of carbonyl (C=O) groups is 1. The smallest absolute Gasteiger partial charge is 0.254 e. The molecule has 2 nitrogen and oxygen atoms in total. The molecular weight excluding hydrogens is 301 g/mol. The summed E-state index contributed by atoms with van der Waals surface area (Å²) in [6.07, 6.45) is 0. The highest BCUT2D eigenvalue weighted by Gasteiger charge is 2.41. The first-order chi connectivity index (χ1) is 11.2. The second kappa shape index (κ2) is 6.04. The summed E-state index contributed by atoms with van der Waals surface area (Å²) in [5.74, 6) is 0.384. The zero-order valence-electron chi connectivity index (χ0n) is 14.8. The van der Waals surface area contributed by atoms with E-state index in [1.165, 1.54) is 18.1 Å². The van der Waals surface area contributed by atoms with E-state index in [0.29, 0.717) is 11.5 Å². The fourth-order valence-electron chi connectivity index (χ4n) is 3.19. The molecule has 24 heavy (non-hydrogen) atoms. The topological polar surface area (TPSA) is 20.3 Å². The van der Waals surface area contributed by atoms with Gasteiger partial charge in [0.1, 0.15) is 5.67 Å². The summed E-state index contributed by atoms with van der Waals surface area (Å²) in [6, 6.07) is 14.2. The van der Waals surface area contributed by atoms with Crippen molar-refractivity contribution < 1.29 is 9.18 Å². The van der Waals surface area contributed by atoms with Crippen LogP contribution in [0.5, 0.6) is 0 Å². The van der Waals surface area contributed by atoms with Gasteiger partial charge < -0.3 is 4.90 Å². The van der Waals surface area contributed by atoms with Crippen molar-refractivity contribution in [2.45, 2.75) is 39.3 Å². The monoisotopic (exact) mass is 325 g/mol. The average Bonchev–Trinajstić information content (AvgIpc) is 2.51. The maximum absolute atomic E-state index is 13.6. The lowest BCUT2D eigenvalue weighted by atomic mass is 9.94. The maximum atomic E-state index is 13.6. The lowest BCUT2D eigenvalue weighted by Crippen LogP contribution is -2.59. The second-order valence-corrected chi connectivity index (χ2v) is 7.44. The normalized spacial score (nSPS) is 16.2. The summed E-state index contributed by atoms with van der Waals surface area (Å²) in [4.78, 5) is 13.9. The Morgan fingerprint density at radius 2 is 1.71 bits per heavy atom. The Balaban J connectivity index is 1.81. The Hall–Kier alpha value is -2.16. The van der Waals surface area contributed by atoms with E-state index >= 15 is 0 Å². The zero-order valence-corrected chi connectivity index (χ0v) is 14.8. The predicted molar refractivity (Wildman–Crippen MR) is 96.1 cm³/mol. The Morgan fingerprint density at radius 3 is 2.25 bits per heavy atom. The maximum Gasteiger partial charge on any atom is 0.254 e. The summed E-state index contributed by atoms with van der Waals surface area (Å²) in [5.41, 5.74) is 4.19. The third-order valence-corrected chi connectivity index (χ3v) is 4.56. The van der Waals surface area contributed by atoms with Gasteiger partial charge in [0.2, 0.25) is 0 Å². The van der Waals surface area contributed by atoms with Gasteiger partial charge in [-0.05, 0) is 48.6 Å². The van der Waals surface area contributed by atoms with Crippen LogP contribution >= 0.6 is 0 Å². The number of benzene rings is 2. The summed E-state index contributed by atoms with van der Waals surface area (Å²) in [6.45, 7) is 8.37. The van der Waals surface area contributed by atoms with Gasteiger partial charge >= 0.3 is 0 Å². The van der Waals surface area contributed by atoms with Crippen LogP contribution in [0.1, 0.15) is 48.2 Å². The summed E-state index contributed by atoms with van der Waals surface area (Å²) in [7, 11) is 0. The minimum atomic E-state index is -1.23. The minimum Gasteiger partial charge on any atom is -0.332 e. The fraction of sp³-hybridized carbons (Fsp3) is 0.381. The molecule has 1 fully saturated rings. The molecule has 0 unspecified atom stereocenters. The number of rotatable bonds is 3. The van der Waals surface area contributed by atoms with Gasteiger partial charge in [-0.15, -0.1) is 0 Å². The van der Waals surface area contributed by atoms with Gasteiger partial charge in [0.25, 0.3) is 5.91 Å². The molecule has 0 N–H and O–H groups in total. The van der Waals surface area contributed by atoms with Crippen LogP contribution in [-0.2, 0) is 0 Å². The number of hydrogen-bond acceptors (Lipinski definition) is 1. The number of likely N-dealkylation sites (tertiary alicyclic amines) is 1. The highest BCUT2D eigenvalue weighted by molar-refractivity contribution is 5.95. The molecule has 0 spiro atoms. The van der Waals surface area contributed by atoms with E-state index in [1.54, 1.807) is 4.90 Å². The highest BCUT2D eigenvalue weighted by Crippen LogP contribution is 2.28. The molecule has 3 heteroatoms.